The van der Waals surface area contributed by atoms with E-state index in [1.54, 1.807) is 0 Å². The summed E-state index contributed by atoms with van der Waals surface area (Å²) in [5.74, 6) is 14.3. The second-order valence-corrected chi connectivity index (χ2v) is 1.99. The first-order chi connectivity index (χ1) is 6.63. The molecule has 0 fully saturated rings. The zero-order valence-corrected chi connectivity index (χ0v) is 7.85. The Morgan fingerprint density at radius 1 is 0.786 bits per heavy atom. The SMILES string of the molecule is NN.NN.O=C(O)CCCCC(=O)O. The Bertz CT molecular complexity index is 126. The minimum absolute atomic E-state index is 0.0628. The Kier molecular flexibility index (Phi) is 23.5. The van der Waals surface area contributed by atoms with Crippen molar-refractivity contribution in [1.29, 1.82) is 0 Å². The van der Waals surface area contributed by atoms with Crippen LogP contribution in [0.5, 0.6) is 0 Å². The third kappa shape index (κ3) is 30.9. The van der Waals surface area contributed by atoms with Gasteiger partial charge in [0, 0.05) is 12.8 Å². The zero-order valence-electron chi connectivity index (χ0n) is 7.85. The molecular weight excluding hydrogens is 192 g/mol. The van der Waals surface area contributed by atoms with Gasteiger partial charge in [-0.1, -0.05) is 0 Å². The predicted octanol–water partition coefficient (Wildman–Crippen LogP) is -1.65. The summed E-state index contributed by atoms with van der Waals surface area (Å²) in [7, 11) is 0. The molecule has 0 aromatic rings. The molecule has 0 aromatic heterocycles. The second kappa shape index (κ2) is 17.8. The lowest BCUT2D eigenvalue weighted by Crippen LogP contribution is -2.02. The average molecular weight is 210 g/mol. The van der Waals surface area contributed by atoms with E-state index >= 15 is 0 Å². The third-order valence-corrected chi connectivity index (χ3v) is 1.03. The van der Waals surface area contributed by atoms with Gasteiger partial charge >= 0.3 is 11.9 Å². The molecule has 0 aliphatic heterocycles. The van der Waals surface area contributed by atoms with Crippen molar-refractivity contribution in [2.75, 3.05) is 0 Å². The van der Waals surface area contributed by atoms with Gasteiger partial charge < -0.3 is 10.2 Å². The van der Waals surface area contributed by atoms with E-state index in [1.165, 1.54) is 0 Å². The normalized spacial score (nSPS) is 7.43. The zero-order chi connectivity index (χ0) is 12.0. The molecule has 0 aromatic carbocycles. The standard InChI is InChI=1S/C6H10O4.2H4N2/c7-5(8)3-1-2-4-6(9)10;2*1-2/h1-4H2,(H,7,8)(H,9,10);2*1-2H2. The molecule has 0 radical (unpaired) electrons. The van der Waals surface area contributed by atoms with Crippen LogP contribution in [0.3, 0.4) is 0 Å². The second-order valence-electron chi connectivity index (χ2n) is 1.99. The topological polar surface area (TPSA) is 179 Å². The summed E-state index contributed by atoms with van der Waals surface area (Å²) in [5, 5.41) is 16.3. The lowest BCUT2D eigenvalue weighted by Gasteiger charge is -1.92. The number of carboxylic acids is 2. The van der Waals surface area contributed by atoms with Gasteiger partial charge in [0.1, 0.15) is 0 Å². The van der Waals surface area contributed by atoms with Crippen molar-refractivity contribution in [2.24, 2.45) is 23.4 Å². The highest BCUT2D eigenvalue weighted by Crippen LogP contribution is 1.98. The van der Waals surface area contributed by atoms with Crippen molar-refractivity contribution < 1.29 is 19.8 Å². The fourth-order valence-corrected chi connectivity index (χ4v) is 0.552. The van der Waals surface area contributed by atoms with E-state index in [0.29, 0.717) is 12.8 Å². The highest BCUT2D eigenvalue weighted by Gasteiger charge is 1.99. The molecule has 0 bridgehead atoms. The molecule has 0 atom stereocenters. The van der Waals surface area contributed by atoms with E-state index in [1.807, 2.05) is 0 Å². The molecule has 0 saturated heterocycles. The molecule has 8 heteroatoms. The van der Waals surface area contributed by atoms with E-state index in [4.69, 9.17) is 10.2 Å². The summed E-state index contributed by atoms with van der Waals surface area (Å²) in [6, 6.07) is 0. The minimum Gasteiger partial charge on any atom is -0.481 e. The first kappa shape index (κ1) is 18.5. The van der Waals surface area contributed by atoms with Crippen molar-refractivity contribution in [2.45, 2.75) is 25.7 Å². The number of hydrogen-bond acceptors (Lipinski definition) is 6. The van der Waals surface area contributed by atoms with Crippen LogP contribution in [0.1, 0.15) is 25.7 Å². The van der Waals surface area contributed by atoms with Crippen molar-refractivity contribution >= 4 is 11.9 Å². The van der Waals surface area contributed by atoms with Crippen LogP contribution in [-0.4, -0.2) is 22.2 Å². The first-order valence-electron chi connectivity index (χ1n) is 3.73. The van der Waals surface area contributed by atoms with Crippen LogP contribution >= 0.6 is 0 Å². The highest BCUT2D eigenvalue weighted by atomic mass is 16.4. The molecule has 8 nitrogen and oxygen atoms in total. The molecule has 86 valence electrons. The van der Waals surface area contributed by atoms with Crippen molar-refractivity contribution in [3.05, 3.63) is 0 Å². The molecule has 0 aliphatic rings. The number of rotatable bonds is 5. The number of aliphatic carboxylic acids is 2. The van der Waals surface area contributed by atoms with Gasteiger partial charge in [-0.05, 0) is 12.8 Å². The summed E-state index contributed by atoms with van der Waals surface area (Å²) in [4.78, 5) is 19.8. The van der Waals surface area contributed by atoms with Crippen molar-refractivity contribution in [3.8, 4) is 0 Å². The van der Waals surface area contributed by atoms with Crippen LogP contribution in [0.25, 0.3) is 0 Å². The number of nitrogens with two attached hydrogens (primary N) is 4. The first-order valence-corrected chi connectivity index (χ1v) is 3.73. The van der Waals surface area contributed by atoms with E-state index in [2.05, 4.69) is 23.4 Å². The van der Waals surface area contributed by atoms with E-state index in [0.717, 1.165) is 0 Å². The van der Waals surface area contributed by atoms with Crippen LogP contribution in [-0.2, 0) is 9.59 Å². The van der Waals surface area contributed by atoms with E-state index in [9.17, 15) is 9.59 Å². The Morgan fingerprint density at radius 3 is 1.14 bits per heavy atom. The largest absolute Gasteiger partial charge is 0.481 e. The van der Waals surface area contributed by atoms with Gasteiger partial charge in [0.05, 0.1) is 0 Å². The Hall–Kier alpha value is -1.22. The molecule has 0 spiro atoms. The maximum Gasteiger partial charge on any atom is 0.303 e. The molecule has 0 unspecified atom stereocenters. The van der Waals surface area contributed by atoms with Gasteiger partial charge in [-0.3, -0.25) is 33.0 Å². The van der Waals surface area contributed by atoms with Gasteiger partial charge in [0.15, 0.2) is 0 Å². The molecule has 0 heterocycles. The number of hydrogen-bond donors (Lipinski definition) is 6. The van der Waals surface area contributed by atoms with Gasteiger partial charge in [-0.15, -0.1) is 0 Å². The lowest BCUT2D eigenvalue weighted by atomic mass is 10.2. The molecule has 0 amide bonds. The summed E-state index contributed by atoms with van der Waals surface area (Å²) in [6.07, 6.45) is 1.02. The van der Waals surface area contributed by atoms with Gasteiger partial charge in [-0.2, -0.15) is 0 Å². The molecule has 0 saturated carbocycles. The maximum atomic E-state index is 9.90. The fourth-order valence-electron chi connectivity index (χ4n) is 0.552. The molecule has 14 heavy (non-hydrogen) atoms. The van der Waals surface area contributed by atoms with E-state index in [-0.39, 0.29) is 12.8 Å². The third-order valence-electron chi connectivity index (χ3n) is 1.03. The molecular formula is C6H18N4O4. The van der Waals surface area contributed by atoms with Crippen molar-refractivity contribution in [1.82, 2.24) is 0 Å². The monoisotopic (exact) mass is 210 g/mol. The summed E-state index contributed by atoms with van der Waals surface area (Å²) < 4.78 is 0. The van der Waals surface area contributed by atoms with Gasteiger partial charge in [0.2, 0.25) is 0 Å². The fraction of sp³-hybridized carbons (Fsp3) is 0.667. The summed E-state index contributed by atoms with van der Waals surface area (Å²) in [5.41, 5.74) is 0. The van der Waals surface area contributed by atoms with Gasteiger partial charge in [-0.25, -0.2) is 0 Å². The van der Waals surface area contributed by atoms with Crippen LogP contribution in [0.15, 0.2) is 0 Å². The number of carbonyl (C=O) groups is 2. The van der Waals surface area contributed by atoms with Crippen LogP contribution < -0.4 is 23.4 Å². The minimum atomic E-state index is -0.870. The number of unbranched alkanes of at least 4 members (excludes halogenated alkanes) is 1. The Balaban J connectivity index is -0.000000266. The Labute approximate surface area is 81.8 Å². The predicted molar refractivity (Wildman–Crippen MR) is 50.5 cm³/mol. The number of hydrazine groups is 2. The Morgan fingerprint density at radius 2 is 1.00 bits per heavy atom. The van der Waals surface area contributed by atoms with Gasteiger partial charge in [0.25, 0.3) is 0 Å². The van der Waals surface area contributed by atoms with Crippen molar-refractivity contribution in [3.63, 3.8) is 0 Å². The lowest BCUT2D eigenvalue weighted by molar-refractivity contribution is -0.139. The van der Waals surface area contributed by atoms with Crippen LogP contribution in [0.4, 0.5) is 0 Å². The molecule has 0 rings (SSSR count). The van der Waals surface area contributed by atoms with Crippen LogP contribution in [0, 0.1) is 0 Å². The average Bonchev–Trinajstić information content (AvgIpc) is 2.18. The molecule has 10 N–H and O–H groups in total. The number of carboxylic acid groups (broad SMARTS) is 2. The van der Waals surface area contributed by atoms with Crippen LogP contribution in [0.2, 0.25) is 0 Å². The quantitative estimate of drug-likeness (QED) is 0.177. The summed E-state index contributed by atoms with van der Waals surface area (Å²) >= 11 is 0. The highest BCUT2D eigenvalue weighted by molar-refractivity contribution is 5.67. The smallest absolute Gasteiger partial charge is 0.303 e. The molecule has 0 aliphatic carbocycles. The van der Waals surface area contributed by atoms with E-state index < -0.39 is 11.9 Å². The summed E-state index contributed by atoms with van der Waals surface area (Å²) in [6.45, 7) is 0. The maximum absolute atomic E-state index is 9.90.